The number of carbonyl (C=O) groups is 1. The van der Waals surface area contributed by atoms with Gasteiger partial charge in [0.2, 0.25) is 5.91 Å². The summed E-state index contributed by atoms with van der Waals surface area (Å²) in [5.41, 5.74) is 0. The summed E-state index contributed by atoms with van der Waals surface area (Å²) in [5.74, 6) is 0.218. The first kappa shape index (κ1) is 16.9. The van der Waals surface area contributed by atoms with Gasteiger partial charge in [-0.2, -0.15) is 5.26 Å². The number of nitriles is 1. The number of hydrogen-bond acceptors (Lipinski definition) is 4. The molecule has 2 unspecified atom stereocenters. The zero-order valence-electron chi connectivity index (χ0n) is 13.3. The highest BCUT2D eigenvalue weighted by atomic mass is 16.2. The third-order valence-electron chi connectivity index (χ3n) is 4.31. The highest BCUT2D eigenvalue weighted by Crippen LogP contribution is 2.12. The zero-order chi connectivity index (χ0) is 15.1. The summed E-state index contributed by atoms with van der Waals surface area (Å²) in [6.07, 6.45) is 0.866. The van der Waals surface area contributed by atoms with E-state index in [-0.39, 0.29) is 18.0 Å². The smallest absolute Gasteiger partial charge is 0.239 e. The minimum absolute atomic E-state index is 0.0194. The predicted molar refractivity (Wildman–Crippen MR) is 80.2 cm³/mol. The van der Waals surface area contributed by atoms with Crippen molar-refractivity contribution in [3.63, 3.8) is 0 Å². The lowest BCUT2D eigenvalue weighted by Crippen LogP contribution is -2.56. The molecule has 1 aliphatic heterocycles. The number of piperazine rings is 1. The van der Waals surface area contributed by atoms with Crippen LogP contribution in [0.3, 0.4) is 0 Å². The van der Waals surface area contributed by atoms with Crippen molar-refractivity contribution in [3.8, 4) is 6.07 Å². The molecule has 0 aromatic rings. The average molecular weight is 280 g/mol. The van der Waals surface area contributed by atoms with E-state index in [0.717, 1.165) is 45.7 Å². The molecule has 5 heteroatoms. The largest absolute Gasteiger partial charge is 0.342 e. The van der Waals surface area contributed by atoms with Crippen LogP contribution in [0.25, 0.3) is 0 Å². The third kappa shape index (κ3) is 3.94. The Bertz CT molecular complexity index is 340. The SMILES string of the molecule is CCC(C#N)N1CCN(C(C)C(=O)N(CC)CC)CC1. The molecule has 0 spiro atoms. The molecule has 1 rings (SSSR count). The molecule has 2 atom stereocenters. The monoisotopic (exact) mass is 280 g/mol. The van der Waals surface area contributed by atoms with Gasteiger partial charge in [0.1, 0.15) is 0 Å². The lowest BCUT2D eigenvalue weighted by Gasteiger charge is -2.40. The minimum atomic E-state index is -0.0563. The zero-order valence-corrected chi connectivity index (χ0v) is 13.3. The minimum Gasteiger partial charge on any atom is -0.342 e. The molecule has 20 heavy (non-hydrogen) atoms. The second-order valence-corrected chi connectivity index (χ2v) is 5.31. The Kier molecular flexibility index (Phi) is 6.97. The number of hydrogen-bond donors (Lipinski definition) is 0. The Morgan fingerprint density at radius 3 is 2.05 bits per heavy atom. The van der Waals surface area contributed by atoms with Gasteiger partial charge in [0.15, 0.2) is 0 Å². The number of nitrogens with zero attached hydrogens (tertiary/aromatic N) is 4. The molecular weight excluding hydrogens is 252 g/mol. The van der Waals surface area contributed by atoms with Crippen LogP contribution in [-0.4, -0.2) is 72.0 Å². The predicted octanol–water partition coefficient (Wildman–Crippen LogP) is 1.16. The molecule has 1 heterocycles. The van der Waals surface area contributed by atoms with E-state index in [4.69, 9.17) is 5.26 Å². The fourth-order valence-corrected chi connectivity index (χ4v) is 2.82. The van der Waals surface area contributed by atoms with Gasteiger partial charge in [-0.05, 0) is 27.2 Å². The standard InChI is InChI=1S/C15H28N4O/c1-5-14(12-16)19-10-8-18(9-11-19)13(4)15(20)17(6-2)7-3/h13-14H,5-11H2,1-4H3. The summed E-state index contributed by atoms with van der Waals surface area (Å²) in [5, 5.41) is 9.11. The lowest BCUT2D eigenvalue weighted by atomic mass is 10.1. The van der Waals surface area contributed by atoms with Crippen LogP contribution in [0.5, 0.6) is 0 Å². The first-order valence-electron chi connectivity index (χ1n) is 7.75. The topological polar surface area (TPSA) is 50.6 Å². The number of rotatable bonds is 6. The van der Waals surface area contributed by atoms with Crippen molar-refractivity contribution < 1.29 is 4.79 Å². The maximum absolute atomic E-state index is 12.4. The Hall–Kier alpha value is -1.12. The van der Waals surface area contributed by atoms with Gasteiger partial charge in [-0.25, -0.2) is 0 Å². The molecule has 0 aromatic heterocycles. The lowest BCUT2D eigenvalue weighted by molar-refractivity contribution is -0.136. The number of amides is 1. The second kappa shape index (κ2) is 8.23. The normalized spacial score (nSPS) is 20.1. The Balaban J connectivity index is 2.53. The van der Waals surface area contributed by atoms with Crippen LogP contribution in [0.1, 0.15) is 34.1 Å². The summed E-state index contributed by atoms with van der Waals surface area (Å²) in [7, 11) is 0. The molecule has 1 fully saturated rings. The highest BCUT2D eigenvalue weighted by Gasteiger charge is 2.29. The molecule has 114 valence electrons. The molecule has 5 nitrogen and oxygen atoms in total. The molecule has 1 saturated heterocycles. The van der Waals surface area contributed by atoms with Crippen LogP contribution in [0.4, 0.5) is 0 Å². The van der Waals surface area contributed by atoms with Gasteiger partial charge in [-0.15, -0.1) is 0 Å². The number of likely N-dealkylation sites (N-methyl/N-ethyl adjacent to an activating group) is 1. The molecule has 0 aromatic carbocycles. The van der Waals surface area contributed by atoms with Crippen LogP contribution in [-0.2, 0) is 4.79 Å². The summed E-state index contributed by atoms with van der Waals surface area (Å²) in [4.78, 5) is 18.7. The highest BCUT2D eigenvalue weighted by molar-refractivity contribution is 5.81. The summed E-state index contributed by atoms with van der Waals surface area (Å²) < 4.78 is 0. The maximum atomic E-state index is 12.4. The first-order valence-corrected chi connectivity index (χ1v) is 7.75. The molecule has 0 aliphatic carbocycles. The van der Waals surface area contributed by atoms with Crippen molar-refractivity contribution in [1.29, 1.82) is 5.26 Å². The van der Waals surface area contributed by atoms with Gasteiger partial charge in [0, 0.05) is 39.3 Å². The van der Waals surface area contributed by atoms with Crippen molar-refractivity contribution >= 4 is 5.91 Å². The maximum Gasteiger partial charge on any atom is 0.239 e. The van der Waals surface area contributed by atoms with Gasteiger partial charge in [0.25, 0.3) is 0 Å². The van der Waals surface area contributed by atoms with Crippen molar-refractivity contribution in [2.45, 2.75) is 46.2 Å². The van der Waals surface area contributed by atoms with E-state index in [9.17, 15) is 4.79 Å². The van der Waals surface area contributed by atoms with Crippen LogP contribution in [0.15, 0.2) is 0 Å². The van der Waals surface area contributed by atoms with Gasteiger partial charge < -0.3 is 4.90 Å². The second-order valence-electron chi connectivity index (χ2n) is 5.31. The van der Waals surface area contributed by atoms with Crippen molar-refractivity contribution in [3.05, 3.63) is 0 Å². The molecule has 0 bridgehead atoms. The Morgan fingerprint density at radius 2 is 1.65 bits per heavy atom. The van der Waals surface area contributed by atoms with Gasteiger partial charge in [-0.3, -0.25) is 14.6 Å². The van der Waals surface area contributed by atoms with Gasteiger partial charge in [-0.1, -0.05) is 6.92 Å². The van der Waals surface area contributed by atoms with Gasteiger partial charge in [0.05, 0.1) is 18.2 Å². The Morgan fingerprint density at radius 1 is 1.15 bits per heavy atom. The van der Waals surface area contributed by atoms with E-state index in [1.54, 1.807) is 0 Å². The van der Waals surface area contributed by atoms with Crippen LogP contribution >= 0.6 is 0 Å². The summed E-state index contributed by atoms with van der Waals surface area (Å²) in [6, 6.07) is 2.32. The molecule has 0 saturated carbocycles. The van der Waals surface area contributed by atoms with Crippen molar-refractivity contribution in [2.24, 2.45) is 0 Å². The quantitative estimate of drug-likeness (QED) is 0.733. The van der Waals surface area contributed by atoms with Crippen LogP contribution < -0.4 is 0 Å². The summed E-state index contributed by atoms with van der Waals surface area (Å²) in [6.45, 7) is 13.1. The van der Waals surface area contributed by atoms with E-state index < -0.39 is 0 Å². The van der Waals surface area contributed by atoms with Gasteiger partial charge >= 0.3 is 0 Å². The average Bonchev–Trinajstić information content (AvgIpc) is 2.49. The Labute approximate surface area is 123 Å². The van der Waals surface area contributed by atoms with Crippen molar-refractivity contribution in [2.75, 3.05) is 39.3 Å². The molecule has 1 amide bonds. The van der Waals surface area contributed by atoms with Crippen LogP contribution in [0, 0.1) is 11.3 Å². The van der Waals surface area contributed by atoms with Crippen LogP contribution in [0.2, 0.25) is 0 Å². The summed E-state index contributed by atoms with van der Waals surface area (Å²) >= 11 is 0. The molecule has 1 aliphatic rings. The first-order chi connectivity index (χ1) is 9.58. The van der Waals surface area contributed by atoms with E-state index >= 15 is 0 Å². The fourth-order valence-electron chi connectivity index (χ4n) is 2.82. The van der Waals surface area contributed by atoms with E-state index in [1.165, 1.54) is 0 Å². The molecular formula is C15H28N4O. The molecule has 0 radical (unpaired) electrons. The fraction of sp³-hybridized carbons (Fsp3) is 0.867. The third-order valence-corrected chi connectivity index (χ3v) is 4.31. The molecule has 0 N–H and O–H groups in total. The van der Waals surface area contributed by atoms with E-state index in [2.05, 4.69) is 15.9 Å². The number of carbonyl (C=O) groups excluding carboxylic acids is 1. The van der Waals surface area contributed by atoms with E-state index in [0.29, 0.717) is 0 Å². The van der Waals surface area contributed by atoms with Crippen molar-refractivity contribution in [1.82, 2.24) is 14.7 Å². The van der Waals surface area contributed by atoms with E-state index in [1.807, 2.05) is 32.6 Å².